The second-order valence-corrected chi connectivity index (χ2v) is 11.6. The number of rotatable bonds is 7. The summed E-state index contributed by atoms with van der Waals surface area (Å²) >= 11 is 0. The summed E-state index contributed by atoms with van der Waals surface area (Å²) in [6.07, 6.45) is -3.15. The van der Waals surface area contributed by atoms with Gasteiger partial charge in [-0.15, -0.1) is 0 Å². The van der Waals surface area contributed by atoms with Gasteiger partial charge in [-0.2, -0.15) is 0 Å². The fraction of sp³-hybridized carbons (Fsp3) is 0.353. The zero-order valence-electron chi connectivity index (χ0n) is 25.4. The van der Waals surface area contributed by atoms with E-state index in [2.05, 4.69) is 40.4 Å². The predicted molar refractivity (Wildman–Crippen MR) is 167 cm³/mol. The Labute approximate surface area is 261 Å². The van der Waals surface area contributed by atoms with Crippen LogP contribution in [0.25, 0.3) is 0 Å². The van der Waals surface area contributed by atoms with Gasteiger partial charge in [0.25, 0.3) is 0 Å². The first-order valence-electron chi connectivity index (χ1n) is 14.9. The number of carboxylic acid groups (broad SMARTS) is 2. The van der Waals surface area contributed by atoms with Gasteiger partial charge >= 0.3 is 23.9 Å². The molecule has 3 aliphatic heterocycles. The summed E-state index contributed by atoms with van der Waals surface area (Å²) in [5.41, 5.74) is 6.33. The number of fused-ring (bicyclic) bond motifs is 3. The predicted octanol–water partition coefficient (Wildman–Crippen LogP) is 3.63. The highest BCUT2D eigenvalue weighted by molar-refractivity contribution is 5.95. The number of para-hydroxylation sites is 1. The van der Waals surface area contributed by atoms with E-state index in [1.165, 1.54) is 55.2 Å². The molecule has 0 amide bonds. The Morgan fingerprint density at radius 1 is 0.800 bits per heavy atom. The van der Waals surface area contributed by atoms with Crippen LogP contribution in [0.3, 0.4) is 0 Å². The minimum Gasteiger partial charge on any atom is -0.478 e. The van der Waals surface area contributed by atoms with E-state index >= 15 is 0 Å². The summed E-state index contributed by atoms with van der Waals surface area (Å²) < 4.78 is 9.64. The van der Waals surface area contributed by atoms with Gasteiger partial charge in [-0.1, -0.05) is 47.5 Å². The van der Waals surface area contributed by atoms with E-state index in [-0.39, 0.29) is 11.1 Å². The summed E-state index contributed by atoms with van der Waals surface area (Å²) in [5, 5.41) is 22.2. The quantitative estimate of drug-likeness (QED) is 0.335. The highest BCUT2D eigenvalue weighted by Gasteiger charge is 2.43. The molecule has 4 atom stereocenters. The number of aliphatic carboxylic acids is 2. The zero-order chi connectivity index (χ0) is 32.2. The minimum atomic E-state index is -2.22. The van der Waals surface area contributed by atoms with Crippen molar-refractivity contribution in [1.82, 2.24) is 5.32 Å². The maximum atomic E-state index is 12.2. The van der Waals surface area contributed by atoms with Crippen molar-refractivity contribution in [2.45, 2.75) is 44.4 Å². The van der Waals surface area contributed by atoms with E-state index in [4.69, 9.17) is 9.47 Å². The van der Waals surface area contributed by atoms with E-state index in [1.807, 2.05) is 0 Å². The molecule has 3 aromatic rings. The summed E-state index contributed by atoms with van der Waals surface area (Å²) in [5.74, 6) is -4.91. The van der Waals surface area contributed by atoms with Gasteiger partial charge < -0.3 is 34.8 Å². The van der Waals surface area contributed by atoms with Crippen LogP contribution in [0.2, 0.25) is 0 Å². The van der Waals surface area contributed by atoms with Crippen LogP contribution >= 0.6 is 0 Å². The Bertz CT molecular complexity index is 1500. The van der Waals surface area contributed by atoms with Crippen LogP contribution in [0.5, 0.6) is 0 Å². The summed E-state index contributed by atoms with van der Waals surface area (Å²) in [7, 11) is 2.22. The molecule has 3 N–H and O–H groups in total. The lowest BCUT2D eigenvalue weighted by molar-refractivity contribution is -0.166. The molecule has 6 rings (SSSR count). The maximum absolute atomic E-state index is 12.2. The fourth-order valence-corrected chi connectivity index (χ4v) is 6.05. The van der Waals surface area contributed by atoms with Crippen LogP contribution in [-0.2, 0) is 19.1 Å². The smallest absolute Gasteiger partial charge is 0.349 e. The van der Waals surface area contributed by atoms with E-state index in [0.29, 0.717) is 5.92 Å². The van der Waals surface area contributed by atoms with Gasteiger partial charge in [-0.25, -0.2) is 19.2 Å². The Morgan fingerprint density at radius 2 is 1.33 bits per heavy atom. The second-order valence-electron chi connectivity index (χ2n) is 11.6. The molecule has 1 saturated heterocycles. The molecule has 236 valence electrons. The first kappa shape index (κ1) is 31.5. The molecule has 0 spiro atoms. The van der Waals surface area contributed by atoms with Crippen molar-refractivity contribution >= 4 is 35.3 Å². The zero-order valence-corrected chi connectivity index (χ0v) is 25.4. The van der Waals surface area contributed by atoms with Crippen LogP contribution < -0.4 is 15.1 Å². The number of anilines is 2. The first-order valence-corrected chi connectivity index (χ1v) is 14.9. The van der Waals surface area contributed by atoms with Gasteiger partial charge in [0.05, 0.1) is 22.5 Å². The van der Waals surface area contributed by atoms with Crippen molar-refractivity contribution in [3.63, 3.8) is 0 Å². The number of hydrogen-bond acceptors (Lipinski definition) is 9. The number of benzene rings is 3. The fourth-order valence-electron chi connectivity index (χ4n) is 6.05. The Morgan fingerprint density at radius 3 is 1.84 bits per heavy atom. The largest absolute Gasteiger partial charge is 0.478 e. The van der Waals surface area contributed by atoms with Crippen LogP contribution in [0.4, 0.5) is 11.4 Å². The van der Waals surface area contributed by atoms with E-state index in [1.54, 1.807) is 43.7 Å². The van der Waals surface area contributed by atoms with Crippen molar-refractivity contribution in [3.05, 3.63) is 94.5 Å². The maximum Gasteiger partial charge on any atom is 0.349 e. The van der Waals surface area contributed by atoms with Gasteiger partial charge in [0, 0.05) is 38.6 Å². The number of carbonyl (C=O) groups excluding carboxylic acids is 2. The molecular weight excluding hydrogens is 578 g/mol. The minimum absolute atomic E-state index is 0.0332. The molecular formula is C34H37N3O8. The lowest BCUT2D eigenvalue weighted by Crippen LogP contribution is -2.48. The summed E-state index contributed by atoms with van der Waals surface area (Å²) in [6.45, 7) is 8.27. The SMILES string of the molecule is CN1CCN2c3c(cccc31)[C@@H]1CNCC[C@@H]12.Cc1ccc(C(=O)O[C@@H](C(=O)O)[C@@H](OC(=O)c2ccc(C)cc2)C(=O)O)cc1. The number of likely N-dealkylation sites (N-methyl/N-ethyl adjacent to an activating group) is 1. The lowest BCUT2D eigenvalue weighted by atomic mass is 9.90. The molecule has 0 unspecified atom stereocenters. The van der Waals surface area contributed by atoms with Gasteiger partial charge in [0.1, 0.15) is 0 Å². The summed E-state index contributed by atoms with van der Waals surface area (Å²) in [4.78, 5) is 52.4. The van der Waals surface area contributed by atoms with E-state index < -0.39 is 36.1 Å². The van der Waals surface area contributed by atoms with Crippen molar-refractivity contribution in [1.29, 1.82) is 0 Å². The Hall–Kier alpha value is -4.90. The number of esters is 2. The third kappa shape index (κ3) is 6.78. The molecule has 3 aliphatic rings. The monoisotopic (exact) mass is 615 g/mol. The molecule has 3 aromatic carbocycles. The van der Waals surface area contributed by atoms with Crippen LogP contribution in [-0.4, -0.2) is 85.6 Å². The van der Waals surface area contributed by atoms with Crippen LogP contribution in [0.15, 0.2) is 66.7 Å². The number of piperidine rings is 1. The third-order valence-corrected chi connectivity index (χ3v) is 8.47. The highest BCUT2D eigenvalue weighted by Crippen LogP contribution is 2.49. The number of carboxylic acids is 2. The number of aryl methyl sites for hydroxylation is 2. The van der Waals surface area contributed by atoms with Crippen LogP contribution in [0.1, 0.15) is 49.7 Å². The average Bonchev–Trinajstić information content (AvgIpc) is 3.36. The van der Waals surface area contributed by atoms with Crippen molar-refractivity contribution < 1.29 is 38.9 Å². The van der Waals surface area contributed by atoms with E-state index in [9.17, 15) is 29.4 Å². The standard InChI is InChI=1S/C20H18O8.C14H19N3/c1-11-3-7-13(8-4-11)19(25)27-15(17(21)22)16(18(23)24)28-20(26)14-9-5-12(2)6-10-14;1-16-7-8-17-12-5-6-15-9-11(12)10-3-2-4-13(16)14(10)17/h3-10,15-16H,1-2H3,(H,21,22)(H,23,24);2-4,11-12,15H,5-9H2,1H3/t15-,16-;11-,12-/m10/s1. The molecule has 1 fully saturated rings. The molecule has 3 heterocycles. The normalized spacial score (nSPS) is 19.2. The topological polar surface area (TPSA) is 146 Å². The lowest BCUT2D eigenvalue weighted by Gasteiger charge is -2.39. The Kier molecular flexibility index (Phi) is 9.38. The van der Waals surface area contributed by atoms with Gasteiger partial charge in [0.15, 0.2) is 0 Å². The summed E-state index contributed by atoms with van der Waals surface area (Å²) in [6, 6.07) is 19.7. The molecule has 0 saturated carbocycles. The van der Waals surface area contributed by atoms with Gasteiger partial charge in [-0.3, -0.25) is 0 Å². The molecule has 11 heteroatoms. The van der Waals surface area contributed by atoms with Crippen molar-refractivity contribution in [3.8, 4) is 0 Å². The number of ether oxygens (including phenoxy) is 2. The second kappa shape index (κ2) is 13.4. The highest BCUT2D eigenvalue weighted by atomic mass is 16.6. The molecule has 45 heavy (non-hydrogen) atoms. The molecule has 11 nitrogen and oxygen atoms in total. The van der Waals surface area contributed by atoms with Crippen molar-refractivity contribution in [2.75, 3.05) is 43.0 Å². The number of carbonyl (C=O) groups is 4. The first-order chi connectivity index (χ1) is 21.5. The third-order valence-electron chi connectivity index (χ3n) is 8.47. The number of nitrogens with zero attached hydrogens (tertiary/aromatic N) is 2. The molecule has 0 aliphatic carbocycles. The number of hydrogen-bond donors (Lipinski definition) is 3. The van der Waals surface area contributed by atoms with Crippen molar-refractivity contribution in [2.24, 2.45) is 0 Å². The van der Waals surface area contributed by atoms with Gasteiger partial charge in [-0.05, 0) is 62.7 Å². The van der Waals surface area contributed by atoms with Gasteiger partial charge in [0.2, 0.25) is 12.2 Å². The molecule has 0 aromatic heterocycles. The number of nitrogens with one attached hydrogen (secondary N) is 1. The van der Waals surface area contributed by atoms with E-state index in [0.717, 1.165) is 30.3 Å². The molecule has 0 bridgehead atoms. The molecule has 0 radical (unpaired) electrons. The van der Waals surface area contributed by atoms with Crippen LogP contribution in [0, 0.1) is 13.8 Å². The Balaban J connectivity index is 0.000000198. The average molecular weight is 616 g/mol.